The molecule has 4 aliphatic heterocycles. The minimum atomic E-state index is -2.17. The molecule has 0 radical (unpaired) electrons. The van der Waals surface area contributed by atoms with E-state index in [1.807, 2.05) is 55.5 Å². The number of hydrogen-bond acceptors (Lipinski definition) is 11. The van der Waals surface area contributed by atoms with Gasteiger partial charge in [0.05, 0.1) is 10.7 Å². The molecule has 4 fully saturated rings. The molecular formula is C30H34O9S2. The van der Waals surface area contributed by atoms with Gasteiger partial charge in [-0.15, -0.1) is 23.5 Å². The molecule has 0 aromatic heterocycles. The van der Waals surface area contributed by atoms with Crippen LogP contribution in [0.15, 0.2) is 60.7 Å². The largest absolute Gasteiger partial charge is 0.458 e. The summed E-state index contributed by atoms with van der Waals surface area (Å²) in [5.74, 6) is -1.41. The highest BCUT2D eigenvalue weighted by atomic mass is 32.2. The molecule has 4 saturated heterocycles. The predicted molar refractivity (Wildman–Crippen MR) is 152 cm³/mol. The van der Waals surface area contributed by atoms with Crippen molar-refractivity contribution in [2.24, 2.45) is 0 Å². The molecule has 11 heteroatoms. The highest BCUT2D eigenvalue weighted by Gasteiger charge is 2.85. The molecule has 9 nitrogen and oxygen atoms in total. The summed E-state index contributed by atoms with van der Waals surface area (Å²) in [4.78, 5) is 28.5. The summed E-state index contributed by atoms with van der Waals surface area (Å²) >= 11 is 3.18. The summed E-state index contributed by atoms with van der Waals surface area (Å²) in [5.41, 5.74) is -2.93. The van der Waals surface area contributed by atoms with Gasteiger partial charge in [0.1, 0.15) is 18.8 Å². The fourth-order valence-corrected chi connectivity index (χ4v) is 9.00. The lowest BCUT2D eigenvalue weighted by molar-refractivity contribution is -0.317. The quantitative estimate of drug-likeness (QED) is 0.485. The molecule has 1 spiro atoms. The third-order valence-electron chi connectivity index (χ3n) is 7.95. The van der Waals surface area contributed by atoms with E-state index in [-0.39, 0.29) is 13.2 Å². The molecule has 6 atom stereocenters. The van der Waals surface area contributed by atoms with Gasteiger partial charge < -0.3 is 33.5 Å². The Morgan fingerprint density at radius 1 is 1.02 bits per heavy atom. The molecule has 0 saturated carbocycles. The van der Waals surface area contributed by atoms with Crippen LogP contribution in [0, 0.1) is 0 Å². The van der Waals surface area contributed by atoms with Crippen molar-refractivity contribution in [2.75, 3.05) is 18.1 Å². The van der Waals surface area contributed by atoms with Gasteiger partial charge in [0.15, 0.2) is 18.2 Å². The van der Waals surface area contributed by atoms with Crippen molar-refractivity contribution < 1.29 is 43.1 Å². The normalized spacial score (nSPS) is 34.5. The van der Waals surface area contributed by atoms with E-state index in [1.54, 1.807) is 49.5 Å². The fourth-order valence-electron chi connectivity index (χ4n) is 6.01. The van der Waals surface area contributed by atoms with Crippen LogP contribution in [-0.4, -0.2) is 74.5 Å². The van der Waals surface area contributed by atoms with Crippen molar-refractivity contribution in [2.45, 2.75) is 79.5 Å². The molecule has 220 valence electrons. The van der Waals surface area contributed by atoms with Crippen LogP contribution in [0.4, 0.5) is 0 Å². The molecule has 41 heavy (non-hydrogen) atoms. The van der Waals surface area contributed by atoms with E-state index >= 15 is 0 Å². The van der Waals surface area contributed by atoms with E-state index in [2.05, 4.69) is 0 Å². The number of carbonyl (C=O) groups excluding carboxylic acids is 2. The van der Waals surface area contributed by atoms with E-state index in [4.69, 9.17) is 28.4 Å². The monoisotopic (exact) mass is 602 g/mol. The Balaban J connectivity index is 1.47. The van der Waals surface area contributed by atoms with Crippen molar-refractivity contribution in [3.8, 4) is 0 Å². The number of benzene rings is 2. The van der Waals surface area contributed by atoms with Crippen molar-refractivity contribution in [1.29, 1.82) is 0 Å². The van der Waals surface area contributed by atoms with E-state index in [0.29, 0.717) is 5.56 Å². The minimum absolute atomic E-state index is 0.0699. The van der Waals surface area contributed by atoms with Crippen LogP contribution in [0.5, 0.6) is 0 Å². The summed E-state index contributed by atoms with van der Waals surface area (Å²) in [6, 6.07) is 18.3. The first-order valence-corrected chi connectivity index (χ1v) is 15.7. The number of carbonyl (C=O) groups is 2. The van der Waals surface area contributed by atoms with Gasteiger partial charge in [-0.3, -0.25) is 0 Å². The Morgan fingerprint density at radius 2 is 1.68 bits per heavy atom. The number of fused-ring (bicyclic) bond motifs is 2. The molecule has 2 aromatic rings. The lowest BCUT2D eigenvalue weighted by atomic mass is 9.74. The fraction of sp³-hybridized carbons (Fsp3) is 0.533. The second-order valence-electron chi connectivity index (χ2n) is 11.2. The van der Waals surface area contributed by atoms with Crippen molar-refractivity contribution in [1.82, 2.24) is 0 Å². The molecule has 1 N–H and O–H groups in total. The van der Waals surface area contributed by atoms with E-state index in [0.717, 1.165) is 23.5 Å². The van der Waals surface area contributed by atoms with E-state index in [9.17, 15) is 14.7 Å². The zero-order chi connectivity index (χ0) is 28.9. The summed E-state index contributed by atoms with van der Waals surface area (Å²) in [5, 5.41) is 12.0. The Bertz CT molecular complexity index is 1270. The van der Waals surface area contributed by atoms with Gasteiger partial charge in [0, 0.05) is 5.56 Å². The van der Waals surface area contributed by atoms with Crippen LogP contribution in [0.2, 0.25) is 0 Å². The van der Waals surface area contributed by atoms with Crippen LogP contribution >= 0.6 is 23.5 Å². The van der Waals surface area contributed by atoms with Gasteiger partial charge in [-0.05, 0) is 44.3 Å². The molecule has 0 amide bonds. The number of esters is 2. The average Bonchev–Trinajstić information content (AvgIpc) is 3.42. The number of thioether (sulfide) groups is 2. The first kappa shape index (κ1) is 29.0. The van der Waals surface area contributed by atoms with E-state index < -0.39 is 57.6 Å². The summed E-state index contributed by atoms with van der Waals surface area (Å²) in [6.07, 6.45) is -3.79. The van der Waals surface area contributed by atoms with Gasteiger partial charge in [-0.25, -0.2) is 9.59 Å². The standard InChI is InChI=1S/C30H34O9S2/c1-27(2)37-23(22(31)28(3)40-15-10-16-41-28)30(39-27)26(33)36-21-18-34-24(20-13-8-5-9-14-20)38-29(21,30)25(32)35-17-19-11-6-4-7-12-19/h4-9,11-14,21-24,31H,10,15-18H2,1-3H3/t21-,22-,23-,24+,29-,30+/m1/s1. The maximum atomic E-state index is 14.4. The third kappa shape index (κ3) is 4.79. The SMILES string of the molecule is CC1(C)O[C@H]([C@@H](O)C2(C)SCCCS2)[C@]2(O1)C(=O)O[C@@H]1CO[C@H](c3ccccc3)O[C@@]12C(=O)OCc1ccccc1. The smallest absolute Gasteiger partial charge is 0.346 e. The number of rotatable bonds is 6. The first-order valence-electron chi connectivity index (χ1n) is 13.7. The van der Waals surface area contributed by atoms with Crippen LogP contribution in [0.3, 0.4) is 0 Å². The Labute approximate surface area is 247 Å². The highest BCUT2D eigenvalue weighted by Crippen LogP contribution is 2.59. The van der Waals surface area contributed by atoms with Gasteiger partial charge in [-0.2, -0.15) is 0 Å². The van der Waals surface area contributed by atoms with Crippen molar-refractivity contribution in [3.63, 3.8) is 0 Å². The molecule has 6 rings (SSSR count). The lowest BCUT2D eigenvalue weighted by Crippen LogP contribution is -2.73. The summed E-state index contributed by atoms with van der Waals surface area (Å²) in [7, 11) is 0. The Kier molecular flexibility index (Phi) is 7.67. The first-order chi connectivity index (χ1) is 19.6. The third-order valence-corrected chi connectivity index (χ3v) is 11.3. The molecular weight excluding hydrogens is 568 g/mol. The Morgan fingerprint density at radius 3 is 2.37 bits per heavy atom. The van der Waals surface area contributed by atoms with Gasteiger partial charge >= 0.3 is 11.9 Å². The summed E-state index contributed by atoms with van der Waals surface area (Å²) in [6.45, 7) is 4.98. The zero-order valence-electron chi connectivity index (χ0n) is 23.1. The minimum Gasteiger partial charge on any atom is -0.458 e. The number of ether oxygens (including phenoxy) is 6. The lowest BCUT2D eigenvalue weighted by Gasteiger charge is -2.47. The van der Waals surface area contributed by atoms with Gasteiger partial charge in [-0.1, -0.05) is 60.7 Å². The predicted octanol–water partition coefficient (Wildman–Crippen LogP) is 3.98. The molecule has 4 heterocycles. The maximum Gasteiger partial charge on any atom is 0.346 e. The Hall–Kier alpha value is -2.12. The average molecular weight is 603 g/mol. The second-order valence-corrected chi connectivity index (χ2v) is 14.5. The topological polar surface area (TPSA) is 110 Å². The van der Waals surface area contributed by atoms with Crippen LogP contribution in [0.1, 0.15) is 44.6 Å². The number of aliphatic hydroxyl groups excluding tert-OH is 1. The highest BCUT2D eigenvalue weighted by molar-refractivity contribution is 8.18. The van der Waals surface area contributed by atoms with Crippen LogP contribution < -0.4 is 0 Å². The number of hydrogen-bond donors (Lipinski definition) is 1. The molecule has 4 aliphatic rings. The molecule has 0 bridgehead atoms. The zero-order valence-corrected chi connectivity index (χ0v) is 24.8. The maximum absolute atomic E-state index is 14.4. The number of aliphatic hydroxyl groups is 1. The van der Waals surface area contributed by atoms with Crippen LogP contribution in [-0.2, 0) is 44.6 Å². The van der Waals surface area contributed by atoms with Gasteiger partial charge in [0.2, 0.25) is 11.2 Å². The summed E-state index contributed by atoms with van der Waals surface area (Å²) < 4.78 is 36.3. The molecule has 0 aliphatic carbocycles. The van der Waals surface area contributed by atoms with Crippen molar-refractivity contribution >= 4 is 35.5 Å². The van der Waals surface area contributed by atoms with Crippen molar-refractivity contribution in [3.05, 3.63) is 71.8 Å². The molecule has 2 aromatic carbocycles. The molecule has 0 unspecified atom stereocenters. The van der Waals surface area contributed by atoms with Gasteiger partial charge in [0.25, 0.3) is 0 Å². The van der Waals surface area contributed by atoms with E-state index in [1.165, 1.54) is 0 Å². The van der Waals surface area contributed by atoms with Crippen LogP contribution in [0.25, 0.3) is 0 Å². The second kappa shape index (κ2) is 10.9.